The first-order valence-corrected chi connectivity index (χ1v) is 12.9. The van der Waals surface area contributed by atoms with E-state index >= 15 is 0 Å². The highest BCUT2D eigenvalue weighted by molar-refractivity contribution is 7.81. The Morgan fingerprint density at radius 1 is 1.10 bits per heavy atom. The number of amides is 2. The lowest BCUT2D eigenvalue weighted by Gasteiger charge is -2.29. The van der Waals surface area contributed by atoms with Crippen LogP contribution in [0.3, 0.4) is 0 Å². The van der Waals surface area contributed by atoms with E-state index in [1.165, 1.54) is 12.1 Å². The molecule has 2 aromatic carbocycles. The first-order valence-electron chi connectivity index (χ1n) is 12.5. The topological polar surface area (TPSA) is 94.9 Å². The lowest BCUT2D eigenvalue weighted by molar-refractivity contribution is -0.137. The van der Waals surface area contributed by atoms with Crippen LogP contribution in [-0.4, -0.2) is 40.4 Å². The SMILES string of the molecule is CC(C)(C)OC(=O)NC1(COc2ccc(N3C(=S)N(c4ccc(C#N)c(C(F)(F)F)c4)C(=O)C3(C)C)cc2)CC1. The first kappa shape index (κ1) is 29.1. The highest BCUT2D eigenvalue weighted by Gasteiger charge is 2.51. The zero-order valence-electron chi connectivity index (χ0n) is 22.7. The quantitative estimate of drug-likeness (QED) is 0.428. The van der Waals surface area contributed by atoms with Crippen LogP contribution in [0.15, 0.2) is 42.5 Å². The van der Waals surface area contributed by atoms with Gasteiger partial charge in [-0.05, 0) is 102 Å². The largest absolute Gasteiger partial charge is 0.491 e. The average Bonchev–Trinajstić information content (AvgIpc) is 3.57. The fourth-order valence-electron chi connectivity index (χ4n) is 4.35. The van der Waals surface area contributed by atoms with Gasteiger partial charge in [-0.25, -0.2) is 4.79 Å². The van der Waals surface area contributed by atoms with Gasteiger partial charge in [0.1, 0.15) is 23.5 Å². The number of alkyl carbamates (subject to hydrolysis) is 1. The van der Waals surface area contributed by atoms with Gasteiger partial charge in [0.05, 0.1) is 28.4 Å². The van der Waals surface area contributed by atoms with Crippen molar-refractivity contribution in [1.29, 1.82) is 5.26 Å². The molecule has 0 atom stereocenters. The molecule has 2 amide bonds. The second kappa shape index (κ2) is 9.96. The first-order chi connectivity index (χ1) is 18.5. The van der Waals surface area contributed by atoms with Gasteiger partial charge in [-0.3, -0.25) is 9.69 Å². The number of carbonyl (C=O) groups is 2. The molecular weight excluding hydrogens is 545 g/mol. The fourth-order valence-corrected chi connectivity index (χ4v) is 4.87. The molecule has 12 heteroatoms. The monoisotopic (exact) mass is 574 g/mol. The van der Waals surface area contributed by atoms with Crippen LogP contribution in [-0.2, 0) is 15.7 Å². The number of hydrogen-bond acceptors (Lipinski definition) is 6. The molecule has 8 nitrogen and oxygen atoms in total. The molecule has 1 saturated carbocycles. The summed E-state index contributed by atoms with van der Waals surface area (Å²) < 4.78 is 51.9. The van der Waals surface area contributed by atoms with Crippen molar-refractivity contribution in [1.82, 2.24) is 5.32 Å². The zero-order valence-corrected chi connectivity index (χ0v) is 23.5. The molecule has 0 unspecified atom stereocenters. The van der Waals surface area contributed by atoms with Crippen molar-refractivity contribution in [3.63, 3.8) is 0 Å². The van der Waals surface area contributed by atoms with Gasteiger partial charge in [-0.15, -0.1) is 0 Å². The molecule has 1 aliphatic heterocycles. The van der Waals surface area contributed by atoms with E-state index in [1.54, 1.807) is 63.8 Å². The van der Waals surface area contributed by atoms with E-state index in [1.807, 2.05) is 0 Å². The van der Waals surface area contributed by atoms with Crippen molar-refractivity contribution >= 4 is 40.7 Å². The number of anilines is 2. The Hall–Kier alpha value is -3.85. The van der Waals surface area contributed by atoms with E-state index in [2.05, 4.69) is 5.32 Å². The summed E-state index contributed by atoms with van der Waals surface area (Å²) in [7, 11) is 0. The number of nitrogens with zero attached hydrogens (tertiary/aromatic N) is 3. The van der Waals surface area contributed by atoms with Crippen molar-refractivity contribution in [2.75, 3.05) is 16.4 Å². The van der Waals surface area contributed by atoms with Gasteiger partial charge >= 0.3 is 12.3 Å². The third-order valence-corrected chi connectivity index (χ3v) is 6.95. The molecule has 1 saturated heterocycles. The van der Waals surface area contributed by atoms with Gasteiger partial charge in [0.2, 0.25) is 0 Å². The van der Waals surface area contributed by atoms with Crippen LogP contribution >= 0.6 is 12.2 Å². The van der Waals surface area contributed by atoms with E-state index < -0.39 is 46.0 Å². The van der Waals surface area contributed by atoms with Gasteiger partial charge in [0, 0.05) is 5.69 Å². The van der Waals surface area contributed by atoms with Crippen LogP contribution in [0.1, 0.15) is 58.6 Å². The summed E-state index contributed by atoms with van der Waals surface area (Å²) in [5.41, 5.74) is -3.55. The van der Waals surface area contributed by atoms with Crippen LogP contribution in [0.25, 0.3) is 0 Å². The number of nitriles is 1. The Kier molecular flexibility index (Phi) is 7.26. The Morgan fingerprint density at radius 3 is 2.23 bits per heavy atom. The predicted molar refractivity (Wildman–Crippen MR) is 146 cm³/mol. The number of alkyl halides is 3. The number of halogens is 3. The molecule has 4 rings (SSSR count). The molecule has 0 aromatic heterocycles. The maximum Gasteiger partial charge on any atom is 0.417 e. The zero-order chi connectivity index (χ0) is 29.7. The van der Waals surface area contributed by atoms with Crippen molar-refractivity contribution in [3.8, 4) is 11.8 Å². The van der Waals surface area contributed by atoms with Gasteiger partial charge in [-0.2, -0.15) is 18.4 Å². The Morgan fingerprint density at radius 2 is 1.70 bits per heavy atom. The second-order valence-electron chi connectivity index (χ2n) is 11.3. The highest BCUT2D eigenvalue weighted by Crippen LogP contribution is 2.40. The molecule has 2 aliphatic rings. The van der Waals surface area contributed by atoms with E-state index in [9.17, 15) is 22.8 Å². The van der Waals surface area contributed by atoms with Gasteiger partial charge in [0.15, 0.2) is 5.11 Å². The molecule has 1 heterocycles. The number of ether oxygens (including phenoxy) is 2. The molecule has 0 radical (unpaired) electrons. The summed E-state index contributed by atoms with van der Waals surface area (Å²) in [5.74, 6) is 0.00794. The van der Waals surface area contributed by atoms with E-state index in [-0.39, 0.29) is 17.4 Å². The van der Waals surface area contributed by atoms with Crippen LogP contribution in [0, 0.1) is 11.3 Å². The van der Waals surface area contributed by atoms with Gasteiger partial charge < -0.3 is 19.7 Å². The number of benzene rings is 2. The second-order valence-corrected chi connectivity index (χ2v) is 11.7. The van der Waals surface area contributed by atoms with Crippen LogP contribution in [0.4, 0.5) is 29.3 Å². The Bertz CT molecular complexity index is 1390. The third-order valence-electron chi connectivity index (χ3n) is 6.58. The summed E-state index contributed by atoms with van der Waals surface area (Å²) in [6, 6.07) is 11.4. The number of rotatable bonds is 6. The Balaban J connectivity index is 1.50. The number of carbonyl (C=O) groups excluding carboxylic acids is 2. The smallest absolute Gasteiger partial charge is 0.417 e. The highest BCUT2D eigenvalue weighted by atomic mass is 32.1. The standard InChI is InChI=1S/C28H29F3N4O4S/c1-25(2,3)39-23(37)33-27(12-13-27)16-38-20-10-8-18(9-11-20)35-24(40)34(22(36)26(35,4)5)19-7-6-17(15-32)21(14-19)28(29,30)31/h6-11,14H,12-13,16H2,1-5H3,(H,33,37). The van der Waals surface area contributed by atoms with Crippen molar-refractivity contribution in [2.45, 2.75) is 70.3 Å². The van der Waals surface area contributed by atoms with E-state index in [0.29, 0.717) is 11.4 Å². The molecule has 1 aliphatic carbocycles. The molecule has 40 heavy (non-hydrogen) atoms. The molecule has 0 spiro atoms. The summed E-state index contributed by atoms with van der Waals surface area (Å²) >= 11 is 5.57. The van der Waals surface area contributed by atoms with Crippen LogP contribution in [0.5, 0.6) is 5.75 Å². The van der Waals surface area contributed by atoms with Crippen molar-refractivity contribution in [2.24, 2.45) is 0 Å². The van der Waals surface area contributed by atoms with Crippen molar-refractivity contribution < 1.29 is 32.2 Å². The molecule has 1 N–H and O–H groups in total. The number of thiocarbonyl (C=S) groups is 1. The molecule has 212 valence electrons. The Labute approximate surface area is 235 Å². The minimum atomic E-state index is -4.78. The lowest BCUT2D eigenvalue weighted by atomic mass is 10.0. The fraction of sp³-hybridized carbons (Fsp3) is 0.429. The van der Waals surface area contributed by atoms with Crippen molar-refractivity contribution in [3.05, 3.63) is 53.6 Å². The molecule has 0 bridgehead atoms. The summed E-state index contributed by atoms with van der Waals surface area (Å²) in [5, 5.41) is 12.0. The van der Waals surface area contributed by atoms with Gasteiger partial charge in [0.25, 0.3) is 5.91 Å². The maximum atomic E-state index is 13.6. The summed E-state index contributed by atoms with van der Waals surface area (Å²) in [4.78, 5) is 28.1. The van der Waals surface area contributed by atoms with E-state index in [4.69, 9.17) is 27.0 Å². The molecular formula is C28H29F3N4O4S. The minimum absolute atomic E-state index is 0.00000504. The van der Waals surface area contributed by atoms with Crippen LogP contribution in [0.2, 0.25) is 0 Å². The number of hydrogen-bond donors (Lipinski definition) is 1. The molecule has 2 aromatic rings. The predicted octanol–water partition coefficient (Wildman–Crippen LogP) is 5.93. The number of nitrogens with one attached hydrogen (secondary N) is 1. The summed E-state index contributed by atoms with van der Waals surface area (Å²) in [6.07, 6.45) is -3.78. The minimum Gasteiger partial charge on any atom is -0.491 e. The third kappa shape index (κ3) is 5.84. The van der Waals surface area contributed by atoms with Crippen LogP contribution < -0.4 is 19.9 Å². The van der Waals surface area contributed by atoms with Gasteiger partial charge in [-0.1, -0.05) is 0 Å². The van der Waals surface area contributed by atoms with E-state index in [0.717, 1.165) is 29.9 Å². The molecule has 2 fully saturated rings. The lowest BCUT2D eigenvalue weighted by Crippen LogP contribution is -2.44. The summed E-state index contributed by atoms with van der Waals surface area (Å²) in [6.45, 7) is 8.85. The average molecular weight is 575 g/mol. The normalized spacial score (nSPS) is 17.9. The maximum absolute atomic E-state index is 13.6.